The van der Waals surface area contributed by atoms with Crippen LogP contribution in [0.3, 0.4) is 0 Å². The Bertz CT molecular complexity index is 2220. The molecule has 6 N–H and O–H groups in total. The minimum atomic E-state index is -1.49. The first-order chi connectivity index (χ1) is 29.3. The molecule has 62 heavy (non-hydrogen) atoms. The molecule has 0 spiro atoms. The fourth-order valence-corrected chi connectivity index (χ4v) is 9.70. The molecule has 0 radical (unpaired) electrons. The molecular formula is C46H54ClN7O8. The summed E-state index contributed by atoms with van der Waals surface area (Å²) >= 11 is 6.33. The summed E-state index contributed by atoms with van der Waals surface area (Å²) in [4.78, 5) is 83.9. The number of aromatic nitrogens is 1. The standard InChI is InChI=1S/C46H54ClN7O8/c1-27(2)37(50(5)43(59)60)39(55)52-25-7-23-45(52,41(48)57)31-13-9-29(10-14-31)35-21-22-36(54(35)34-19-17-33(47)18-20-34)30-11-15-32(16-12-30)46(42(49)58)24-8-26-53(46)40(56)38(28(3)4)51(6)44(61)62/h9-22,27-28,37-38H,7-8,23-26H2,1-6H3,(H2,48,57)(H2,49,58)(H,59,60)(H,61,62)/t37-,38-,45-,46-/m0/s1. The number of carbonyl (C=O) groups excluding carboxylic acids is 4. The number of amides is 6. The number of hydrogen-bond acceptors (Lipinski definition) is 6. The Labute approximate surface area is 365 Å². The summed E-state index contributed by atoms with van der Waals surface area (Å²) in [5.41, 5.74) is 14.2. The molecule has 16 heteroatoms. The van der Waals surface area contributed by atoms with E-state index in [-0.39, 0.29) is 37.8 Å². The molecule has 0 unspecified atom stereocenters. The van der Waals surface area contributed by atoms with Crippen LogP contribution in [0.2, 0.25) is 5.02 Å². The minimum Gasteiger partial charge on any atom is -0.465 e. The van der Waals surface area contributed by atoms with Gasteiger partial charge in [-0.2, -0.15) is 0 Å². The fraction of sp³-hybridized carbons (Fsp3) is 0.391. The van der Waals surface area contributed by atoms with E-state index in [1.807, 2.05) is 53.1 Å². The van der Waals surface area contributed by atoms with Gasteiger partial charge in [-0.25, -0.2) is 9.59 Å². The molecule has 0 saturated carbocycles. The van der Waals surface area contributed by atoms with Gasteiger partial charge >= 0.3 is 12.2 Å². The molecule has 4 aromatic rings. The Morgan fingerprint density at radius 3 is 1.26 bits per heavy atom. The van der Waals surface area contributed by atoms with Crippen molar-refractivity contribution < 1.29 is 39.0 Å². The van der Waals surface area contributed by atoms with Crippen LogP contribution in [0.5, 0.6) is 0 Å². The van der Waals surface area contributed by atoms with Gasteiger partial charge in [-0.15, -0.1) is 0 Å². The molecule has 3 aromatic carbocycles. The maximum Gasteiger partial charge on any atom is 0.407 e. The number of primary amides is 2. The van der Waals surface area contributed by atoms with Crippen molar-refractivity contribution in [2.45, 2.75) is 76.5 Å². The number of likely N-dealkylation sites (tertiary alicyclic amines) is 2. The van der Waals surface area contributed by atoms with Gasteiger partial charge in [0.2, 0.25) is 23.6 Å². The average molecular weight is 868 g/mol. The molecule has 6 amide bonds. The smallest absolute Gasteiger partial charge is 0.407 e. The van der Waals surface area contributed by atoms with Crippen LogP contribution in [-0.4, -0.2) is 109 Å². The third-order valence-corrected chi connectivity index (χ3v) is 12.9. The van der Waals surface area contributed by atoms with Crippen LogP contribution in [0, 0.1) is 11.8 Å². The molecule has 15 nitrogen and oxygen atoms in total. The molecule has 3 heterocycles. The maximum atomic E-state index is 14.1. The van der Waals surface area contributed by atoms with Crippen LogP contribution in [0.4, 0.5) is 9.59 Å². The van der Waals surface area contributed by atoms with Gasteiger partial charge in [0, 0.05) is 37.9 Å². The fourth-order valence-electron chi connectivity index (χ4n) is 9.57. The van der Waals surface area contributed by atoms with Crippen molar-refractivity contribution in [2.75, 3.05) is 27.2 Å². The van der Waals surface area contributed by atoms with E-state index < -0.39 is 59.0 Å². The predicted octanol–water partition coefficient (Wildman–Crippen LogP) is 6.34. The molecule has 2 aliphatic heterocycles. The van der Waals surface area contributed by atoms with E-state index in [2.05, 4.69) is 0 Å². The monoisotopic (exact) mass is 867 g/mol. The van der Waals surface area contributed by atoms with E-state index in [4.69, 9.17) is 23.1 Å². The van der Waals surface area contributed by atoms with Gasteiger partial charge in [-0.3, -0.25) is 29.0 Å². The van der Waals surface area contributed by atoms with E-state index in [0.29, 0.717) is 29.0 Å². The Morgan fingerprint density at radius 1 is 0.597 bits per heavy atom. The van der Waals surface area contributed by atoms with Crippen LogP contribution in [0.15, 0.2) is 84.9 Å². The van der Waals surface area contributed by atoms with E-state index in [1.54, 1.807) is 64.1 Å². The topological polar surface area (TPSA) is 213 Å². The third kappa shape index (κ3) is 7.74. The second-order valence-electron chi connectivity index (χ2n) is 16.9. The van der Waals surface area contributed by atoms with Gasteiger partial charge in [-0.1, -0.05) is 87.8 Å². The molecule has 1 aromatic heterocycles. The molecule has 328 valence electrons. The normalized spacial score (nSPS) is 19.7. The lowest BCUT2D eigenvalue weighted by Gasteiger charge is -2.40. The van der Waals surface area contributed by atoms with E-state index in [0.717, 1.165) is 38.0 Å². The van der Waals surface area contributed by atoms with Crippen molar-refractivity contribution in [3.8, 4) is 28.2 Å². The molecule has 2 saturated heterocycles. The highest BCUT2D eigenvalue weighted by Gasteiger charge is 2.53. The first-order valence-electron chi connectivity index (χ1n) is 20.6. The quantitative estimate of drug-likeness (QED) is 0.119. The van der Waals surface area contributed by atoms with Gasteiger partial charge in [0.1, 0.15) is 23.2 Å². The van der Waals surface area contributed by atoms with E-state index in [9.17, 15) is 39.0 Å². The number of benzene rings is 3. The maximum absolute atomic E-state index is 14.1. The summed E-state index contributed by atoms with van der Waals surface area (Å²) in [5, 5.41) is 20.1. The van der Waals surface area contributed by atoms with Crippen LogP contribution >= 0.6 is 11.6 Å². The number of rotatable bonds is 13. The average Bonchev–Trinajstić information content (AvgIpc) is 4.00. The van der Waals surface area contributed by atoms with E-state index >= 15 is 0 Å². The highest BCUT2D eigenvalue weighted by atomic mass is 35.5. The molecule has 0 aliphatic carbocycles. The molecular weight excluding hydrogens is 814 g/mol. The Balaban J connectivity index is 1.39. The van der Waals surface area contributed by atoms with Gasteiger partial charge in [0.15, 0.2) is 0 Å². The van der Waals surface area contributed by atoms with E-state index in [1.165, 1.54) is 23.9 Å². The van der Waals surface area contributed by atoms with Crippen LogP contribution < -0.4 is 11.5 Å². The predicted molar refractivity (Wildman–Crippen MR) is 234 cm³/mol. The Morgan fingerprint density at radius 2 is 0.952 bits per heavy atom. The lowest BCUT2D eigenvalue weighted by atomic mass is 9.84. The number of carbonyl (C=O) groups is 6. The summed E-state index contributed by atoms with van der Waals surface area (Å²) in [6.45, 7) is 7.50. The number of nitrogens with zero attached hydrogens (tertiary/aromatic N) is 5. The summed E-state index contributed by atoms with van der Waals surface area (Å²) in [6.07, 6.45) is -0.972. The number of hydrogen-bond donors (Lipinski definition) is 4. The van der Waals surface area contributed by atoms with Crippen molar-refractivity contribution >= 4 is 47.4 Å². The number of likely N-dealkylation sites (N-methyl/N-ethyl adjacent to an activating group) is 2. The number of halogens is 1. The van der Waals surface area contributed by atoms with Gasteiger partial charge in [0.05, 0.1) is 11.4 Å². The van der Waals surface area contributed by atoms with Crippen molar-refractivity contribution in [3.05, 3.63) is 101 Å². The van der Waals surface area contributed by atoms with Crippen LogP contribution in [0.1, 0.15) is 64.5 Å². The second kappa shape index (κ2) is 17.6. The van der Waals surface area contributed by atoms with Crippen molar-refractivity contribution in [1.82, 2.24) is 24.2 Å². The number of carboxylic acid groups (broad SMARTS) is 2. The SMILES string of the molecule is CC(C)[C@@H](C(=O)N1CCC[C@@]1(C(N)=O)c1ccc(-c2ccc(-c3ccc([C@]4(C(N)=O)CCCN4C(=O)[C@H](C(C)C)N(C)C(=O)O)cc3)n2-c2ccc(Cl)cc2)cc1)N(C)C(=O)O. The Kier molecular flexibility index (Phi) is 12.8. The van der Waals surface area contributed by atoms with Crippen molar-refractivity contribution in [3.63, 3.8) is 0 Å². The van der Waals surface area contributed by atoms with Crippen LogP contribution in [0.25, 0.3) is 28.2 Å². The van der Waals surface area contributed by atoms with Crippen molar-refractivity contribution in [2.24, 2.45) is 23.3 Å². The van der Waals surface area contributed by atoms with Gasteiger partial charge in [-0.05, 0) is 96.2 Å². The zero-order valence-electron chi connectivity index (χ0n) is 35.7. The highest BCUT2D eigenvalue weighted by Crippen LogP contribution is 2.43. The minimum absolute atomic E-state index is 0.233. The molecule has 2 aliphatic rings. The zero-order valence-corrected chi connectivity index (χ0v) is 36.5. The zero-order chi connectivity index (χ0) is 45.4. The Hall–Kier alpha value is -6.35. The largest absolute Gasteiger partial charge is 0.465 e. The highest BCUT2D eigenvalue weighted by molar-refractivity contribution is 6.30. The molecule has 4 atom stereocenters. The second-order valence-corrected chi connectivity index (χ2v) is 17.3. The van der Waals surface area contributed by atoms with Gasteiger partial charge < -0.3 is 36.0 Å². The lowest BCUT2D eigenvalue weighted by Crippen LogP contribution is -2.59. The van der Waals surface area contributed by atoms with Crippen LogP contribution in [-0.2, 0) is 30.3 Å². The molecule has 0 bridgehead atoms. The summed E-state index contributed by atoms with van der Waals surface area (Å²) in [7, 11) is 2.69. The first kappa shape index (κ1) is 45.2. The summed E-state index contributed by atoms with van der Waals surface area (Å²) in [6, 6.07) is 23.7. The number of nitrogens with two attached hydrogens (primary N) is 2. The third-order valence-electron chi connectivity index (χ3n) is 12.6. The van der Waals surface area contributed by atoms with Crippen molar-refractivity contribution in [1.29, 1.82) is 0 Å². The lowest BCUT2D eigenvalue weighted by molar-refractivity contribution is -0.148. The first-order valence-corrected chi connectivity index (χ1v) is 21.0. The molecule has 6 rings (SSSR count). The summed E-state index contributed by atoms with van der Waals surface area (Å²) < 4.78 is 2.04. The molecule has 2 fully saturated rings. The summed E-state index contributed by atoms with van der Waals surface area (Å²) in [5.74, 6) is -3.13. The van der Waals surface area contributed by atoms with Gasteiger partial charge in [0.25, 0.3) is 0 Å².